The molecule has 0 spiro atoms. The van der Waals surface area contributed by atoms with Crippen LogP contribution in [0.15, 0.2) is 48.5 Å². The highest BCUT2D eigenvalue weighted by Gasteiger charge is 2.22. The van der Waals surface area contributed by atoms with Crippen LogP contribution in [-0.2, 0) is 4.74 Å². The first-order chi connectivity index (χ1) is 13.8. The molecule has 0 N–H and O–H groups in total. The second kappa shape index (κ2) is 11.3. The molecule has 0 saturated carbocycles. The minimum absolute atomic E-state index is 0.269. The summed E-state index contributed by atoms with van der Waals surface area (Å²) in [6.45, 7) is 3.21. The number of ether oxygens (including phenoxy) is 2. The largest absolute Gasteiger partial charge is 0.497 e. The van der Waals surface area contributed by atoms with Gasteiger partial charge >= 0.3 is 0 Å². The van der Waals surface area contributed by atoms with Crippen LogP contribution in [-0.4, -0.2) is 13.7 Å². The van der Waals surface area contributed by atoms with Crippen molar-refractivity contribution < 1.29 is 9.47 Å². The average Bonchev–Trinajstić information content (AvgIpc) is 2.77. The Morgan fingerprint density at radius 1 is 0.821 bits per heavy atom. The standard InChI is InChI=1S/C26H36O2/c1-3-4-5-6-7-8-9-21-10-19-26(28-20-21)24-13-11-22(12-14-24)23-15-17-25(27-2)18-16-23/h11-18,21,26H,3-10,19-20H2,1-2H3. The van der Waals surface area contributed by atoms with Gasteiger partial charge in [-0.3, -0.25) is 0 Å². The van der Waals surface area contributed by atoms with Gasteiger partial charge < -0.3 is 9.47 Å². The maximum absolute atomic E-state index is 6.23. The van der Waals surface area contributed by atoms with Gasteiger partial charge in [0.1, 0.15) is 5.75 Å². The molecule has 2 nitrogen and oxygen atoms in total. The van der Waals surface area contributed by atoms with Gasteiger partial charge in [0.15, 0.2) is 0 Å². The Kier molecular flexibility index (Phi) is 8.42. The first-order valence-electron chi connectivity index (χ1n) is 11.2. The normalized spacial score (nSPS) is 19.5. The lowest BCUT2D eigenvalue weighted by Crippen LogP contribution is -2.20. The van der Waals surface area contributed by atoms with Crippen molar-refractivity contribution in [3.63, 3.8) is 0 Å². The predicted octanol–water partition coefficient (Wildman–Crippen LogP) is 7.58. The highest BCUT2D eigenvalue weighted by molar-refractivity contribution is 5.64. The number of unbranched alkanes of at least 4 members (excludes halogenated alkanes) is 5. The minimum Gasteiger partial charge on any atom is -0.497 e. The summed E-state index contributed by atoms with van der Waals surface area (Å²) in [5, 5.41) is 0. The van der Waals surface area contributed by atoms with Crippen molar-refractivity contribution >= 4 is 0 Å². The third-order valence-corrected chi connectivity index (χ3v) is 6.04. The van der Waals surface area contributed by atoms with E-state index in [9.17, 15) is 0 Å². The molecule has 2 aromatic rings. The summed E-state index contributed by atoms with van der Waals surface area (Å²) in [5.74, 6) is 1.66. The first-order valence-corrected chi connectivity index (χ1v) is 11.2. The van der Waals surface area contributed by atoms with Crippen LogP contribution in [0.5, 0.6) is 5.75 Å². The van der Waals surface area contributed by atoms with E-state index in [0.29, 0.717) is 0 Å². The first kappa shape index (κ1) is 20.9. The lowest BCUT2D eigenvalue weighted by molar-refractivity contribution is -0.0199. The number of methoxy groups -OCH3 is 1. The average molecular weight is 381 g/mol. The van der Waals surface area contributed by atoms with Crippen molar-refractivity contribution in [1.82, 2.24) is 0 Å². The van der Waals surface area contributed by atoms with E-state index in [1.54, 1.807) is 7.11 Å². The fourth-order valence-electron chi connectivity index (χ4n) is 4.18. The molecule has 1 saturated heterocycles. The van der Waals surface area contributed by atoms with Crippen molar-refractivity contribution in [3.05, 3.63) is 54.1 Å². The van der Waals surface area contributed by atoms with E-state index in [1.165, 1.54) is 68.1 Å². The fraction of sp³-hybridized carbons (Fsp3) is 0.538. The third-order valence-electron chi connectivity index (χ3n) is 6.04. The van der Waals surface area contributed by atoms with Gasteiger partial charge in [-0.25, -0.2) is 0 Å². The molecule has 2 atom stereocenters. The van der Waals surface area contributed by atoms with Crippen molar-refractivity contribution in [2.75, 3.05) is 13.7 Å². The summed E-state index contributed by atoms with van der Waals surface area (Å²) >= 11 is 0. The molecule has 0 aliphatic carbocycles. The molecule has 2 aromatic carbocycles. The SMILES string of the molecule is CCCCCCCCC1CCC(c2ccc(-c3ccc(OC)cc3)cc2)OC1. The molecule has 0 amide bonds. The second-order valence-electron chi connectivity index (χ2n) is 8.17. The quantitative estimate of drug-likeness (QED) is 0.395. The Balaban J connectivity index is 1.43. The van der Waals surface area contributed by atoms with Crippen LogP contribution in [0.2, 0.25) is 0 Å². The molecule has 1 aliphatic rings. The number of hydrogen-bond donors (Lipinski definition) is 0. The molecule has 152 valence electrons. The monoisotopic (exact) mass is 380 g/mol. The van der Waals surface area contributed by atoms with Crippen LogP contribution in [0.25, 0.3) is 11.1 Å². The van der Waals surface area contributed by atoms with E-state index < -0.39 is 0 Å². The Morgan fingerprint density at radius 2 is 1.46 bits per heavy atom. The molecule has 0 aromatic heterocycles. The Labute approximate surface area is 171 Å². The van der Waals surface area contributed by atoms with Gasteiger partial charge in [0.25, 0.3) is 0 Å². The Hall–Kier alpha value is -1.80. The van der Waals surface area contributed by atoms with Crippen molar-refractivity contribution in [2.24, 2.45) is 5.92 Å². The lowest BCUT2D eigenvalue weighted by atomic mass is 9.90. The van der Waals surface area contributed by atoms with E-state index >= 15 is 0 Å². The van der Waals surface area contributed by atoms with E-state index in [2.05, 4.69) is 43.3 Å². The van der Waals surface area contributed by atoms with Gasteiger partial charge in [-0.2, -0.15) is 0 Å². The van der Waals surface area contributed by atoms with Gasteiger partial charge in [-0.15, -0.1) is 0 Å². The zero-order valence-corrected chi connectivity index (χ0v) is 17.7. The Bertz CT molecular complexity index is 667. The van der Waals surface area contributed by atoms with Crippen LogP contribution in [0.3, 0.4) is 0 Å². The maximum Gasteiger partial charge on any atom is 0.118 e. The highest BCUT2D eigenvalue weighted by atomic mass is 16.5. The maximum atomic E-state index is 6.23. The van der Waals surface area contributed by atoms with Crippen LogP contribution >= 0.6 is 0 Å². The smallest absolute Gasteiger partial charge is 0.118 e. The molecule has 28 heavy (non-hydrogen) atoms. The Morgan fingerprint density at radius 3 is 2.07 bits per heavy atom. The van der Waals surface area contributed by atoms with E-state index in [-0.39, 0.29) is 6.10 Å². The van der Waals surface area contributed by atoms with Crippen molar-refractivity contribution in [3.8, 4) is 16.9 Å². The summed E-state index contributed by atoms with van der Waals surface area (Å²) in [6, 6.07) is 17.1. The van der Waals surface area contributed by atoms with Crippen LogP contribution in [0.1, 0.15) is 76.4 Å². The van der Waals surface area contributed by atoms with Gasteiger partial charge in [0.2, 0.25) is 0 Å². The summed E-state index contributed by atoms with van der Waals surface area (Å²) in [5.41, 5.74) is 3.77. The van der Waals surface area contributed by atoms with E-state index in [1.807, 2.05) is 12.1 Å². The summed E-state index contributed by atoms with van der Waals surface area (Å²) in [4.78, 5) is 0. The van der Waals surface area contributed by atoms with E-state index in [0.717, 1.165) is 24.7 Å². The molecule has 1 aliphatic heterocycles. The highest BCUT2D eigenvalue weighted by Crippen LogP contribution is 2.34. The molecular weight excluding hydrogens is 344 g/mol. The summed E-state index contributed by atoms with van der Waals surface area (Å²) in [7, 11) is 1.70. The van der Waals surface area contributed by atoms with E-state index in [4.69, 9.17) is 9.47 Å². The summed E-state index contributed by atoms with van der Waals surface area (Å²) in [6.07, 6.45) is 12.4. The number of benzene rings is 2. The van der Waals surface area contributed by atoms with Gasteiger partial charge in [0.05, 0.1) is 19.8 Å². The molecule has 0 bridgehead atoms. The van der Waals surface area contributed by atoms with Crippen LogP contribution in [0.4, 0.5) is 0 Å². The minimum atomic E-state index is 0.269. The zero-order chi connectivity index (χ0) is 19.6. The van der Waals surface area contributed by atoms with Crippen LogP contribution in [0, 0.1) is 5.92 Å². The van der Waals surface area contributed by atoms with Crippen molar-refractivity contribution in [1.29, 1.82) is 0 Å². The topological polar surface area (TPSA) is 18.5 Å². The zero-order valence-electron chi connectivity index (χ0n) is 17.7. The summed E-state index contributed by atoms with van der Waals surface area (Å²) < 4.78 is 11.5. The molecule has 2 heteroatoms. The predicted molar refractivity (Wildman–Crippen MR) is 118 cm³/mol. The fourth-order valence-corrected chi connectivity index (χ4v) is 4.18. The van der Waals surface area contributed by atoms with Crippen LogP contribution < -0.4 is 4.74 Å². The number of hydrogen-bond acceptors (Lipinski definition) is 2. The van der Waals surface area contributed by atoms with Crippen molar-refractivity contribution in [2.45, 2.75) is 70.8 Å². The molecule has 1 heterocycles. The molecule has 3 rings (SSSR count). The molecule has 2 unspecified atom stereocenters. The molecule has 0 radical (unpaired) electrons. The third kappa shape index (κ3) is 6.10. The lowest BCUT2D eigenvalue weighted by Gasteiger charge is -2.29. The van der Waals surface area contributed by atoms with Gasteiger partial charge in [-0.1, -0.05) is 81.8 Å². The number of rotatable bonds is 10. The van der Waals surface area contributed by atoms with Gasteiger partial charge in [0, 0.05) is 0 Å². The second-order valence-corrected chi connectivity index (χ2v) is 8.17. The molecule has 1 fully saturated rings. The van der Waals surface area contributed by atoms with Gasteiger partial charge in [-0.05, 0) is 54.0 Å². The molecular formula is C26H36O2.